The Morgan fingerprint density at radius 2 is 1.87 bits per heavy atom. The molecule has 0 amide bonds. The molecule has 0 aromatic heterocycles. The number of anilines is 1. The first-order valence-corrected chi connectivity index (χ1v) is 6.51. The van der Waals surface area contributed by atoms with Crippen LogP contribution in [0.3, 0.4) is 0 Å². The van der Waals surface area contributed by atoms with Crippen LogP contribution in [0.4, 0.5) is 5.69 Å². The molecule has 4 nitrogen and oxygen atoms in total. The third kappa shape index (κ3) is 3.89. The van der Waals surface area contributed by atoms with Crippen molar-refractivity contribution in [1.82, 2.24) is 0 Å². The van der Waals surface area contributed by atoms with Crippen molar-refractivity contribution in [3.63, 3.8) is 0 Å². The zero-order valence-corrected chi connectivity index (χ0v) is 9.58. The second-order valence-electron chi connectivity index (χ2n) is 3.53. The van der Waals surface area contributed by atoms with Crippen LogP contribution in [0, 0.1) is 0 Å². The number of nitrogens with one attached hydrogen (secondary N) is 1. The molecule has 2 N–H and O–H groups in total. The van der Waals surface area contributed by atoms with E-state index in [1.165, 1.54) is 6.26 Å². The van der Waals surface area contributed by atoms with Crippen molar-refractivity contribution < 1.29 is 13.5 Å². The van der Waals surface area contributed by atoms with Crippen LogP contribution >= 0.6 is 0 Å². The van der Waals surface area contributed by atoms with E-state index in [4.69, 9.17) is 5.11 Å². The Labute approximate surface area is 89.9 Å². The number of rotatable bonds is 4. The summed E-state index contributed by atoms with van der Waals surface area (Å²) in [6.07, 6.45) is 0.741. The highest BCUT2D eigenvalue weighted by Crippen LogP contribution is 2.13. The van der Waals surface area contributed by atoms with Gasteiger partial charge in [0.05, 0.1) is 11.0 Å². The summed E-state index contributed by atoms with van der Waals surface area (Å²) in [4.78, 5) is 0.296. The molecular weight excluding hydrogens is 214 g/mol. The maximum Gasteiger partial charge on any atom is 0.175 e. The van der Waals surface area contributed by atoms with Gasteiger partial charge in [0.1, 0.15) is 0 Å². The maximum atomic E-state index is 11.1. The summed E-state index contributed by atoms with van der Waals surface area (Å²) in [6, 6.07) is 6.44. The zero-order chi connectivity index (χ0) is 11.5. The topological polar surface area (TPSA) is 66.4 Å². The smallest absolute Gasteiger partial charge is 0.175 e. The molecule has 84 valence electrons. The van der Waals surface area contributed by atoms with Crippen LogP contribution in [0.2, 0.25) is 0 Å². The minimum Gasteiger partial charge on any atom is -0.392 e. The van der Waals surface area contributed by atoms with Gasteiger partial charge in [0.2, 0.25) is 0 Å². The predicted molar refractivity (Wildman–Crippen MR) is 59.7 cm³/mol. The monoisotopic (exact) mass is 229 g/mol. The summed E-state index contributed by atoms with van der Waals surface area (Å²) in [5.41, 5.74) is 0.795. The molecule has 0 bridgehead atoms. The fraction of sp³-hybridized carbons (Fsp3) is 0.400. The van der Waals surface area contributed by atoms with Gasteiger partial charge >= 0.3 is 0 Å². The van der Waals surface area contributed by atoms with E-state index >= 15 is 0 Å². The van der Waals surface area contributed by atoms with E-state index in [-0.39, 0.29) is 0 Å². The maximum absolute atomic E-state index is 11.1. The number of hydrogen-bond acceptors (Lipinski definition) is 4. The Morgan fingerprint density at radius 1 is 1.33 bits per heavy atom. The molecule has 0 radical (unpaired) electrons. The van der Waals surface area contributed by atoms with Crippen LogP contribution in [-0.4, -0.2) is 32.4 Å². The van der Waals surface area contributed by atoms with Gasteiger partial charge in [-0.15, -0.1) is 0 Å². The van der Waals surface area contributed by atoms with Crippen molar-refractivity contribution in [1.29, 1.82) is 0 Å². The first-order valence-electron chi connectivity index (χ1n) is 4.61. The Kier molecular flexibility index (Phi) is 3.71. The largest absolute Gasteiger partial charge is 0.392 e. The van der Waals surface area contributed by atoms with E-state index in [2.05, 4.69) is 5.32 Å². The fourth-order valence-corrected chi connectivity index (χ4v) is 1.72. The van der Waals surface area contributed by atoms with Gasteiger partial charge in [0.15, 0.2) is 9.84 Å². The lowest BCUT2D eigenvalue weighted by atomic mass is 10.3. The number of hydrogen-bond donors (Lipinski definition) is 2. The third-order valence-corrected chi connectivity index (χ3v) is 3.01. The minimum atomic E-state index is -3.13. The molecule has 0 fully saturated rings. The van der Waals surface area contributed by atoms with Crippen molar-refractivity contribution >= 4 is 15.5 Å². The van der Waals surface area contributed by atoms with Crippen molar-refractivity contribution in [2.24, 2.45) is 0 Å². The third-order valence-electron chi connectivity index (χ3n) is 1.88. The lowest BCUT2D eigenvalue weighted by molar-refractivity contribution is 0.208. The summed E-state index contributed by atoms with van der Waals surface area (Å²) in [5, 5.41) is 12.0. The summed E-state index contributed by atoms with van der Waals surface area (Å²) >= 11 is 0. The molecule has 0 aliphatic heterocycles. The van der Waals surface area contributed by atoms with Gasteiger partial charge in [-0.1, -0.05) is 0 Å². The quantitative estimate of drug-likeness (QED) is 0.804. The van der Waals surface area contributed by atoms with Crippen molar-refractivity contribution in [2.75, 3.05) is 18.1 Å². The summed E-state index contributed by atoms with van der Waals surface area (Å²) in [5.74, 6) is 0. The summed E-state index contributed by atoms with van der Waals surface area (Å²) in [6.45, 7) is 2.12. The molecule has 0 spiro atoms. The van der Waals surface area contributed by atoms with Crippen LogP contribution in [0.15, 0.2) is 29.2 Å². The zero-order valence-electron chi connectivity index (χ0n) is 8.77. The molecule has 0 heterocycles. The average Bonchev–Trinajstić information content (AvgIpc) is 2.14. The van der Waals surface area contributed by atoms with Crippen LogP contribution in [0.25, 0.3) is 0 Å². The van der Waals surface area contributed by atoms with Crippen LogP contribution in [-0.2, 0) is 9.84 Å². The van der Waals surface area contributed by atoms with Gasteiger partial charge in [0, 0.05) is 18.5 Å². The highest BCUT2D eigenvalue weighted by atomic mass is 32.2. The summed E-state index contributed by atoms with van der Waals surface area (Å²) in [7, 11) is -3.13. The van der Waals surface area contributed by atoms with E-state index in [0.29, 0.717) is 11.4 Å². The molecule has 1 aromatic rings. The van der Waals surface area contributed by atoms with E-state index in [1.807, 2.05) is 0 Å². The van der Waals surface area contributed by atoms with E-state index in [9.17, 15) is 8.42 Å². The number of aliphatic hydroxyl groups is 1. The second kappa shape index (κ2) is 4.63. The van der Waals surface area contributed by atoms with Crippen molar-refractivity contribution in [3.05, 3.63) is 24.3 Å². The molecule has 1 rings (SSSR count). The molecule has 0 aliphatic rings. The van der Waals surface area contributed by atoms with Gasteiger partial charge in [-0.2, -0.15) is 0 Å². The lowest BCUT2D eigenvalue weighted by Crippen LogP contribution is -2.15. The Bertz CT molecular complexity index is 409. The van der Waals surface area contributed by atoms with Gasteiger partial charge in [-0.05, 0) is 31.2 Å². The first kappa shape index (κ1) is 12.0. The Morgan fingerprint density at radius 3 is 2.27 bits per heavy atom. The molecule has 0 saturated heterocycles. The minimum absolute atomic E-state index is 0.296. The van der Waals surface area contributed by atoms with Gasteiger partial charge < -0.3 is 10.4 Å². The standard InChI is InChI=1S/C10H15NO3S/c1-8(12)7-11-9-3-5-10(6-4-9)15(2,13)14/h3-6,8,11-12H,7H2,1-2H3. The van der Waals surface area contributed by atoms with Crippen LogP contribution in [0.1, 0.15) is 6.92 Å². The molecular formula is C10H15NO3S. The highest BCUT2D eigenvalue weighted by molar-refractivity contribution is 7.90. The predicted octanol–water partition coefficient (Wildman–Crippen LogP) is 0.883. The Hall–Kier alpha value is -1.07. The normalized spacial score (nSPS) is 13.5. The molecule has 1 atom stereocenters. The van der Waals surface area contributed by atoms with E-state index < -0.39 is 15.9 Å². The Balaban J connectivity index is 2.73. The van der Waals surface area contributed by atoms with Gasteiger partial charge in [-0.3, -0.25) is 0 Å². The van der Waals surface area contributed by atoms with Crippen molar-refractivity contribution in [2.45, 2.75) is 17.9 Å². The SMILES string of the molecule is CC(O)CNc1ccc(S(C)(=O)=O)cc1. The number of sulfone groups is 1. The highest BCUT2D eigenvalue weighted by Gasteiger charge is 2.05. The van der Waals surface area contributed by atoms with E-state index in [1.54, 1.807) is 31.2 Å². The first-order chi connectivity index (χ1) is 6.89. The lowest BCUT2D eigenvalue weighted by Gasteiger charge is -2.08. The second-order valence-corrected chi connectivity index (χ2v) is 5.54. The van der Waals surface area contributed by atoms with Crippen LogP contribution in [0.5, 0.6) is 0 Å². The molecule has 1 aromatic carbocycles. The number of benzene rings is 1. The molecule has 5 heteroatoms. The van der Waals surface area contributed by atoms with E-state index in [0.717, 1.165) is 5.69 Å². The molecule has 1 unspecified atom stereocenters. The fourth-order valence-electron chi connectivity index (χ4n) is 1.09. The van der Waals surface area contributed by atoms with Gasteiger partial charge in [0.25, 0.3) is 0 Å². The number of aliphatic hydroxyl groups excluding tert-OH is 1. The summed E-state index contributed by atoms with van der Waals surface area (Å²) < 4.78 is 22.3. The average molecular weight is 229 g/mol. The van der Waals surface area contributed by atoms with Gasteiger partial charge in [-0.25, -0.2) is 8.42 Å². The van der Waals surface area contributed by atoms with Crippen LogP contribution < -0.4 is 5.32 Å². The molecule has 0 aliphatic carbocycles. The molecule has 0 saturated carbocycles. The van der Waals surface area contributed by atoms with Crippen molar-refractivity contribution in [3.8, 4) is 0 Å². The molecule has 15 heavy (non-hydrogen) atoms.